The molecular formula is C17H18N2O6. The fraction of sp³-hybridized carbons (Fsp3) is 0.353. The van der Waals surface area contributed by atoms with Gasteiger partial charge in [-0.1, -0.05) is 30.9 Å². The van der Waals surface area contributed by atoms with Crippen molar-refractivity contribution in [2.24, 2.45) is 0 Å². The van der Waals surface area contributed by atoms with Gasteiger partial charge in [0.2, 0.25) is 0 Å². The van der Waals surface area contributed by atoms with Gasteiger partial charge in [-0.15, -0.1) is 0 Å². The Morgan fingerprint density at radius 2 is 2.00 bits per heavy atom. The molecule has 0 bridgehead atoms. The van der Waals surface area contributed by atoms with E-state index in [4.69, 9.17) is 14.9 Å². The van der Waals surface area contributed by atoms with E-state index in [0.717, 1.165) is 21.6 Å². The Bertz CT molecular complexity index is 725. The van der Waals surface area contributed by atoms with Crippen LogP contribution in [0.3, 0.4) is 0 Å². The average molecular weight is 346 g/mol. The number of aliphatic carboxylic acids is 1. The minimum atomic E-state index is -1.34. The van der Waals surface area contributed by atoms with Crippen LogP contribution in [0.15, 0.2) is 24.8 Å². The molecule has 2 aliphatic heterocycles. The van der Waals surface area contributed by atoms with Crippen molar-refractivity contribution in [3.05, 3.63) is 41.5 Å². The number of likely N-dealkylation sites (tertiary alicyclic amines) is 1. The standard InChI is InChI=1S/C17H18N2O6/c1-2-10-4-3-5-11-7-18(9-13(10)11)17(24)25-12-6-14(15(20)21)19(8-12)16(22)23/h2-5,12,14H,1,6-9H2,(H,20,21)(H,22,23)/t12-,14+/m1/s1. The second-order valence-corrected chi connectivity index (χ2v) is 6.08. The summed E-state index contributed by atoms with van der Waals surface area (Å²) in [4.78, 5) is 37.0. The van der Waals surface area contributed by atoms with Crippen molar-refractivity contribution in [3.8, 4) is 0 Å². The first-order chi connectivity index (χ1) is 11.9. The fourth-order valence-corrected chi connectivity index (χ4v) is 3.31. The van der Waals surface area contributed by atoms with Crippen molar-refractivity contribution in [1.82, 2.24) is 9.80 Å². The number of amides is 2. The van der Waals surface area contributed by atoms with E-state index in [2.05, 4.69) is 6.58 Å². The molecule has 0 aliphatic carbocycles. The molecule has 2 N–H and O–H groups in total. The summed E-state index contributed by atoms with van der Waals surface area (Å²) in [7, 11) is 0. The van der Waals surface area contributed by atoms with Gasteiger partial charge < -0.3 is 14.9 Å². The van der Waals surface area contributed by atoms with Gasteiger partial charge in [-0.2, -0.15) is 0 Å². The predicted octanol–water partition coefficient (Wildman–Crippen LogP) is 1.99. The van der Waals surface area contributed by atoms with Gasteiger partial charge in [-0.25, -0.2) is 14.4 Å². The molecule has 2 heterocycles. The zero-order chi connectivity index (χ0) is 18.1. The van der Waals surface area contributed by atoms with Crippen LogP contribution < -0.4 is 0 Å². The highest BCUT2D eigenvalue weighted by molar-refractivity contribution is 5.80. The lowest BCUT2D eigenvalue weighted by Crippen LogP contribution is -2.39. The van der Waals surface area contributed by atoms with E-state index < -0.39 is 30.3 Å². The highest BCUT2D eigenvalue weighted by atomic mass is 16.6. The van der Waals surface area contributed by atoms with Gasteiger partial charge in [-0.3, -0.25) is 9.80 Å². The van der Waals surface area contributed by atoms with Gasteiger partial charge in [0.1, 0.15) is 12.1 Å². The Morgan fingerprint density at radius 3 is 2.60 bits per heavy atom. The van der Waals surface area contributed by atoms with E-state index in [-0.39, 0.29) is 13.0 Å². The molecule has 0 spiro atoms. The van der Waals surface area contributed by atoms with Crippen molar-refractivity contribution < 1.29 is 29.3 Å². The van der Waals surface area contributed by atoms with E-state index in [0.29, 0.717) is 13.1 Å². The monoisotopic (exact) mass is 346 g/mol. The molecule has 1 saturated heterocycles. The van der Waals surface area contributed by atoms with Crippen molar-refractivity contribution in [1.29, 1.82) is 0 Å². The second-order valence-electron chi connectivity index (χ2n) is 6.08. The first kappa shape index (κ1) is 16.8. The average Bonchev–Trinajstić information content (AvgIpc) is 3.18. The van der Waals surface area contributed by atoms with Gasteiger partial charge in [-0.05, 0) is 16.7 Å². The number of carbonyl (C=O) groups is 3. The van der Waals surface area contributed by atoms with Crippen molar-refractivity contribution >= 4 is 24.2 Å². The zero-order valence-corrected chi connectivity index (χ0v) is 13.4. The molecule has 0 unspecified atom stereocenters. The number of rotatable bonds is 3. The van der Waals surface area contributed by atoms with Crippen LogP contribution >= 0.6 is 0 Å². The Labute approximate surface area is 143 Å². The van der Waals surface area contributed by atoms with Crippen LogP contribution in [0.2, 0.25) is 0 Å². The lowest BCUT2D eigenvalue weighted by atomic mass is 10.0. The fourth-order valence-electron chi connectivity index (χ4n) is 3.31. The van der Waals surface area contributed by atoms with E-state index in [1.807, 2.05) is 18.2 Å². The maximum atomic E-state index is 12.4. The number of hydrogen-bond donors (Lipinski definition) is 2. The third-order valence-electron chi connectivity index (χ3n) is 4.56. The summed E-state index contributed by atoms with van der Waals surface area (Å²) in [6, 6.07) is 4.54. The number of carbonyl (C=O) groups excluding carboxylic acids is 1. The molecule has 2 amide bonds. The Balaban J connectivity index is 1.65. The normalized spacial score (nSPS) is 21.8. The molecule has 8 heteroatoms. The maximum Gasteiger partial charge on any atom is 0.410 e. The highest BCUT2D eigenvalue weighted by Gasteiger charge is 2.42. The third kappa shape index (κ3) is 3.15. The Kier molecular flexibility index (Phi) is 4.35. The summed E-state index contributed by atoms with van der Waals surface area (Å²) in [6.07, 6.45) is -1.01. The molecule has 1 aromatic carbocycles. The number of fused-ring (bicyclic) bond motifs is 1. The molecule has 2 atom stereocenters. The zero-order valence-electron chi connectivity index (χ0n) is 13.4. The molecule has 1 fully saturated rings. The largest absolute Gasteiger partial charge is 0.480 e. The summed E-state index contributed by atoms with van der Waals surface area (Å²) in [6.45, 7) is 4.40. The Hall–Kier alpha value is -3.03. The summed E-state index contributed by atoms with van der Waals surface area (Å²) in [5, 5.41) is 18.2. The molecule has 25 heavy (non-hydrogen) atoms. The first-order valence-corrected chi connectivity index (χ1v) is 7.81. The summed E-state index contributed by atoms with van der Waals surface area (Å²) in [5.74, 6) is -1.25. The quantitative estimate of drug-likeness (QED) is 0.867. The molecule has 2 aliphatic rings. The minimum absolute atomic E-state index is 0.0495. The van der Waals surface area contributed by atoms with E-state index in [1.165, 1.54) is 4.90 Å². The third-order valence-corrected chi connectivity index (χ3v) is 4.56. The minimum Gasteiger partial charge on any atom is -0.480 e. The SMILES string of the molecule is C=Cc1cccc2c1CN(C(=O)O[C@@H]1C[C@@H](C(=O)O)N(C(=O)O)C1)C2. The van der Waals surface area contributed by atoms with Gasteiger partial charge in [0.25, 0.3) is 0 Å². The van der Waals surface area contributed by atoms with E-state index >= 15 is 0 Å². The topological polar surface area (TPSA) is 107 Å². The number of hydrogen-bond acceptors (Lipinski definition) is 4. The van der Waals surface area contributed by atoms with Gasteiger partial charge in [0, 0.05) is 13.0 Å². The van der Waals surface area contributed by atoms with Crippen molar-refractivity contribution in [3.63, 3.8) is 0 Å². The van der Waals surface area contributed by atoms with Crippen LogP contribution in [-0.4, -0.2) is 56.9 Å². The van der Waals surface area contributed by atoms with Crippen LogP contribution in [0, 0.1) is 0 Å². The first-order valence-electron chi connectivity index (χ1n) is 7.81. The number of ether oxygens (including phenoxy) is 1. The molecule has 1 aromatic rings. The Morgan fingerprint density at radius 1 is 1.24 bits per heavy atom. The smallest absolute Gasteiger partial charge is 0.410 e. The molecular weight excluding hydrogens is 328 g/mol. The lowest BCUT2D eigenvalue weighted by Gasteiger charge is -2.19. The lowest BCUT2D eigenvalue weighted by molar-refractivity contribution is -0.141. The van der Waals surface area contributed by atoms with Crippen LogP contribution in [-0.2, 0) is 22.6 Å². The molecule has 3 rings (SSSR count). The van der Waals surface area contributed by atoms with Crippen LogP contribution in [0.4, 0.5) is 9.59 Å². The molecule has 0 saturated carbocycles. The number of carboxylic acids is 1. The maximum absolute atomic E-state index is 12.4. The van der Waals surface area contributed by atoms with Gasteiger partial charge in [0.05, 0.1) is 13.1 Å². The van der Waals surface area contributed by atoms with E-state index in [1.54, 1.807) is 6.08 Å². The van der Waals surface area contributed by atoms with Crippen LogP contribution in [0.1, 0.15) is 23.1 Å². The molecule has 0 aromatic heterocycles. The van der Waals surface area contributed by atoms with Gasteiger partial charge in [0.15, 0.2) is 0 Å². The van der Waals surface area contributed by atoms with Crippen LogP contribution in [0.25, 0.3) is 6.08 Å². The highest BCUT2D eigenvalue weighted by Crippen LogP contribution is 2.28. The van der Waals surface area contributed by atoms with Crippen molar-refractivity contribution in [2.45, 2.75) is 31.7 Å². The number of benzene rings is 1. The second kappa shape index (κ2) is 6.46. The summed E-state index contributed by atoms with van der Waals surface area (Å²) < 4.78 is 5.35. The summed E-state index contributed by atoms with van der Waals surface area (Å²) in [5.41, 5.74) is 2.98. The molecule has 132 valence electrons. The molecule has 0 radical (unpaired) electrons. The summed E-state index contributed by atoms with van der Waals surface area (Å²) >= 11 is 0. The predicted molar refractivity (Wildman–Crippen MR) is 86.8 cm³/mol. The van der Waals surface area contributed by atoms with Crippen molar-refractivity contribution in [2.75, 3.05) is 6.54 Å². The number of carboxylic acid groups (broad SMARTS) is 2. The van der Waals surface area contributed by atoms with Gasteiger partial charge >= 0.3 is 18.2 Å². The molecule has 8 nitrogen and oxygen atoms in total. The van der Waals surface area contributed by atoms with E-state index in [9.17, 15) is 14.4 Å². The number of nitrogens with zero attached hydrogens (tertiary/aromatic N) is 2. The van der Waals surface area contributed by atoms with Crippen LogP contribution in [0.5, 0.6) is 0 Å².